The molecule has 0 aliphatic rings. The first kappa shape index (κ1) is 15.7. The third-order valence-electron chi connectivity index (χ3n) is 3.06. The number of halogens is 2. The first-order valence-electron chi connectivity index (χ1n) is 6.36. The average molecular weight is 325 g/mol. The molecule has 0 radical (unpaired) electrons. The fourth-order valence-electron chi connectivity index (χ4n) is 1.91. The predicted octanol–water partition coefficient (Wildman–Crippen LogP) is 4.38. The fraction of sp³-hybridized carbons (Fsp3) is 0.188. The van der Waals surface area contributed by atoms with E-state index in [1.54, 1.807) is 30.3 Å². The molecule has 2 rings (SSSR count). The molecule has 0 amide bonds. The van der Waals surface area contributed by atoms with E-state index < -0.39 is 12.1 Å². The lowest BCUT2D eigenvalue weighted by Gasteiger charge is -2.17. The van der Waals surface area contributed by atoms with Gasteiger partial charge in [-0.25, -0.2) is 4.79 Å². The van der Waals surface area contributed by atoms with Crippen LogP contribution in [0.4, 0.5) is 0 Å². The van der Waals surface area contributed by atoms with Crippen LogP contribution in [-0.2, 0) is 11.2 Å². The molecule has 0 saturated carbocycles. The lowest BCUT2D eigenvalue weighted by Crippen LogP contribution is -2.29. The second-order valence-corrected chi connectivity index (χ2v) is 5.49. The molecule has 0 unspecified atom stereocenters. The van der Waals surface area contributed by atoms with Crippen molar-refractivity contribution < 1.29 is 14.6 Å². The normalized spacial score (nSPS) is 12.0. The summed E-state index contributed by atoms with van der Waals surface area (Å²) in [6.07, 6.45) is -0.843. The Labute approximate surface area is 133 Å². The summed E-state index contributed by atoms with van der Waals surface area (Å²) in [6, 6.07) is 12.3. The summed E-state index contributed by atoms with van der Waals surface area (Å²) in [5, 5.41) is 10.3. The number of carboxylic acids is 1. The zero-order chi connectivity index (χ0) is 15.4. The number of aliphatic carboxylic acids is 1. The first-order chi connectivity index (χ1) is 9.97. The molecule has 1 N–H and O–H groups in total. The van der Waals surface area contributed by atoms with Crippen LogP contribution < -0.4 is 4.74 Å². The largest absolute Gasteiger partial charge is 0.478 e. The average Bonchev–Trinajstić information content (AvgIpc) is 2.42. The number of hydrogen-bond acceptors (Lipinski definition) is 2. The molecule has 0 fully saturated rings. The molecule has 0 heterocycles. The van der Waals surface area contributed by atoms with Crippen molar-refractivity contribution in [3.8, 4) is 5.75 Å². The molecule has 0 aliphatic carbocycles. The summed E-state index contributed by atoms with van der Waals surface area (Å²) >= 11 is 11.9. The Morgan fingerprint density at radius 3 is 2.57 bits per heavy atom. The minimum Gasteiger partial charge on any atom is -0.478 e. The van der Waals surface area contributed by atoms with Gasteiger partial charge in [-0.05, 0) is 36.2 Å². The maximum absolute atomic E-state index is 11.4. The summed E-state index contributed by atoms with van der Waals surface area (Å²) in [4.78, 5) is 11.4. The Kier molecular flexibility index (Phi) is 5.10. The van der Waals surface area contributed by atoms with Gasteiger partial charge in [0.1, 0.15) is 5.75 Å². The Hall–Kier alpha value is -1.71. The van der Waals surface area contributed by atoms with Gasteiger partial charge in [-0.2, -0.15) is 0 Å². The van der Waals surface area contributed by atoms with Crippen LogP contribution in [0.25, 0.3) is 0 Å². The number of benzene rings is 2. The highest BCUT2D eigenvalue weighted by atomic mass is 35.5. The summed E-state index contributed by atoms with van der Waals surface area (Å²) in [5.74, 6) is -0.487. The van der Waals surface area contributed by atoms with Crippen LogP contribution in [0.15, 0.2) is 42.5 Å². The van der Waals surface area contributed by atoms with Gasteiger partial charge < -0.3 is 9.84 Å². The van der Waals surface area contributed by atoms with Crippen molar-refractivity contribution in [3.05, 3.63) is 63.6 Å². The van der Waals surface area contributed by atoms with E-state index in [-0.39, 0.29) is 6.42 Å². The molecule has 0 spiro atoms. The highest BCUT2D eigenvalue weighted by molar-refractivity contribution is 6.35. The molecule has 0 aromatic heterocycles. The number of carbonyl (C=O) groups is 1. The monoisotopic (exact) mass is 324 g/mol. The summed E-state index contributed by atoms with van der Waals surface area (Å²) < 4.78 is 5.60. The number of aryl methyl sites for hydroxylation is 1. The summed E-state index contributed by atoms with van der Waals surface area (Å²) in [5.41, 5.74) is 1.56. The van der Waals surface area contributed by atoms with Crippen molar-refractivity contribution in [3.63, 3.8) is 0 Å². The van der Waals surface area contributed by atoms with Crippen molar-refractivity contribution in [2.75, 3.05) is 0 Å². The minimum atomic E-state index is -1.04. The van der Waals surface area contributed by atoms with Crippen LogP contribution in [0.2, 0.25) is 10.0 Å². The van der Waals surface area contributed by atoms with Gasteiger partial charge >= 0.3 is 5.97 Å². The van der Waals surface area contributed by atoms with Crippen molar-refractivity contribution >= 4 is 29.2 Å². The van der Waals surface area contributed by atoms with Gasteiger partial charge in [0.05, 0.1) is 0 Å². The SMILES string of the molecule is Cc1ccccc1O[C@@H](Cc1ccc(Cl)cc1Cl)C(=O)O. The van der Waals surface area contributed by atoms with E-state index in [4.69, 9.17) is 27.9 Å². The second-order valence-electron chi connectivity index (χ2n) is 4.65. The van der Waals surface area contributed by atoms with Gasteiger partial charge in [0.25, 0.3) is 0 Å². The summed E-state index contributed by atoms with van der Waals surface area (Å²) in [7, 11) is 0. The quantitative estimate of drug-likeness (QED) is 0.887. The van der Waals surface area contributed by atoms with E-state index in [9.17, 15) is 9.90 Å². The van der Waals surface area contributed by atoms with E-state index in [0.29, 0.717) is 21.4 Å². The Morgan fingerprint density at radius 1 is 1.24 bits per heavy atom. The van der Waals surface area contributed by atoms with Crippen LogP contribution in [-0.4, -0.2) is 17.2 Å². The van der Waals surface area contributed by atoms with Gasteiger partial charge in [-0.15, -0.1) is 0 Å². The Morgan fingerprint density at radius 2 is 1.95 bits per heavy atom. The predicted molar refractivity (Wildman–Crippen MR) is 83.4 cm³/mol. The van der Waals surface area contributed by atoms with Crippen LogP contribution in [0.1, 0.15) is 11.1 Å². The van der Waals surface area contributed by atoms with E-state index in [1.807, 2.05) is 19.1 Å². The molecule has 3 nitrogen and oxygen atoms in total. The lowest BCUT2D eigenvalue weighted by atomic mass is 10.1. The van der Waals surface area contributed by atoms with Gasteiger partial charge in [0.2, 0.25) is 0 Å². The number of rotatable bonds is 5. The smallest absolute Gasteiger partial charge is 0.345 e. The molecular formula is C16H14Cl2O3. The maximum Gasteiger partial charge on any atom is 0.345 e. The van der Waals surface area contributed by atoms with Crippen LogP contribution in [0.3, 0.4) is 0 Å². The zero-order valence-electron chi connectivity index (χ0n) is 11.3. The molecule has 0 bridgehead atoms. The molecule has 110 valence electrons. The van der Waals surface area contributed by atoms with Crippen LogP contribution in [0.5, 0.6) is 5.75 Å². The van der Waals surface area contributed by atoms with Gasteiger partial charge in [0, 0.05) is 16.5 Å². The highest BCUT2D eigenvalue weighted by Gasteiger charge is 2.22. The zero-order valence-corrected chi connectivity index (χ0v) is 12.9. The molecule has 0 saturated heterocycles. The standard InChI is InChI=1S/C16H14Cl2O3/c1-10-4-2-3-5-14(10)21-15(16(19)20)8-11-6-7-12(17)9-13(11)18/h2-7,9,15H,8H2,1H3,(H,19,20)/t15-/m0/s1. The van der Waals surface area contributed by atoms with Gasteiger partial charge in [-0.1, -0.05) is 47.5 Å². The Bertz CT molecular complexity index is 656. The lowest BCUT2D eigenvalue weighted by molar-refractivity contribution is -0.145. The molecule has 2 aromatic carbocycles. The topological polar surface area (TPSA) is 46.5 Å². The number of hydrogen-bond donors (Lipinski definition) is 1. The van der Waals surface area contributed by atoms with Gasteiger partial charge in [-0.3, -0.25) is 0 Å². The maximum atomic E-state index is 11.4. The summed E-state index contributed by atoms with van der Waals surface area (Å²) in [6.45, 7) is 1.86. The second kappa shape index (κ2) is 6.83. The number of para-hydroxylation sites is 1. The van der Waals surface area contributed by atoms with Gasteiger partial charge in [0.15, 0.2) is 6.10 Å². The minimum absolute atomic E-state index is 0.166. The molecule has 21 heavy (non-hydrogen) atoms. The first-order valence-corrected chi connectivity index (χ1v) is 7.12. The van der Waals surface area contributed by atoms with Crippen molar-refractivity contribution in [1.29, 1.82) is 0 Å². The highest BCUT2D eigenvalue weighted by Crippen LogP contribution is 2.24. The molecule has 2 aromatic rings. The number of ether oxygens (including phenoxy) is 1. The fourth-order valence-corrected chi connectivity index (χ4v) is 2.39. The van der Waals surface area contributed by atoms with Crippen molar-refractivity contribution in [2.24, 2.45) is 0 Å². The van der Waals surface area contributed by atoms with Crippen LogP contribution >= 0.6 is 23.2 Å². The molecule has 0 aliphatic heterocycles. The van der Waals surface area contributed by atoms with Crippen molar-refractivity contribution in [1.82, 2.24) is 0 Å². The Balaban J connectivity index is 2.20. The third-order valence-corrected chi connectivity index (χ3v) is 3.65. The third kappa shape index (κ3) is 4.13. The molecule has 5 heteroatoms. The van der Waals surface area contributed by atoms with E-state index in [0.717, 1.165) is 5.56 Å². The number of carboxylic acid groups (broad SMARTS) is 1. The van der Waals surface area contributed by atoms with E-state index in [2.05, 4.69) is 0 Å². The molecular weight excluding hydrogens is 311 g/mol. The molecule has 1 atom stereocenters. The van der Waals surface area contributed by atoms with Crippen molar-refractivity contribution in [2.45, 2.75) is 19.4 Å². The van der Waals surface area contributed by atoms with E-state index >= 15 is 0 Å². The van der Waals surface area contributed by atoms with E-state index in [1.165, 1.54) is 0 Å². The van der Waals surface area contributed by atoms with Crippen LogP contribution in [0, 0.1) is 6.92 Å².